The molecule has 0 aliphatic rings. The van der Waals surface area contributed by atoms with Gasteiger partial charge in [-0.3, -0.25) is 4.79 Å². The van der Waals surface area contributed by atoms with Crippen LogP contribution in [0.15, 0.2) is 53.0 Å². The highest BCUT2D eigenvalue weighted by atomic mass is 79.9. The molecule has 0 fully saturated rings. The Morgan fingerprint density at radius 1 is 1.12 bits per heavy atom. The number of carbonyl (C=O) groups is 1. The molecule has 2 aromatic rings. The van der Waals surface area contributed by atoms with Crippen molar-refractivity contribution >= 4 is 21.7 Å². The Kier molecular flexibility index (Phi) is 3.59. The van der Waals surface area contributed by atoms with Crippen molar-refractivity contribution in [3.8, 4) is 5.75 Å². The molecule has 0 amide bonds. The third-order valence-electron chi connectivity index (χ3n) is 2.42. The minimum absolute atomic E-state index is 0.0388. The van der Waals surface area contributed by atoms with E-state index in [0.717, 1.165) is 10.0 Å². The summed E-state index contributed by atoms with van der Waals surface area (Å²) in [4.78, 5) is 12.0. The van der Waals surface area contributed by atoms with E-state index in [1.807, 2.05) is 18.2 Å². The van der Waals surface area contributed by atoms with Gasteiger partial charge in [-0.25, -0.2) is 0 Å². The van der Waals surface area contributed by atoms with Crippen LogP contribution in [0.5, 0.6) is 5.75 Å². The second kappa shape index (κ2) is 5.15. The molecule has 2 aromatic carbocycles. The zero-order valence-electron chi connectivity index (χ0n) is 9.06. The molecule has 1 N–H and O–H groups in total. The molecule has 17 heavy (non-hydrogen) atoms. The number of phenolic OH excluding ortho intramolecular Hbond substituents is 1. The number of phenols is 1. The van der Waals surface area contributed by atoms with Crippen LogP contribution >= 0.6 is 15.9 Å². The molecule has 0 radical (unpaired) electrons. The van der Waals surface area contributed by atoms with E-state index in [-0.39, 0.29) is 11.5 Å². The number of hydrogen-bond acceptors (Lipinski definition) is 2. The SMILES string of the molecule is O=C(Cc1cccc(O)c1)c1cccc(Br)c1. The fourth-order valence-corrected chi connectivity index (χ4v) is 2.02. The van der Waals surface area contributed by atoms with Crippen LogP contribution in [0.3, 0.4) is 0 Å². The lowest BCUT2D eigenvalue weighted by Crippen LogP contribution is -2.03. The van der Waals surface area contributed by atoms with E-state index in [1.165, 1.54) is 0 Å². The number of aromatic hydroxyl groups is 1. The molecule has 0 bridgehead atoms. The van der Waals surface area contributed by atoms with Gasteiger partial charge < -0.3 is 5.11 Å². The highest BCUT2D eigenvalue weighted by Gasteiger charge is 2.07. The number of Topliss-reactive ketones (excluding diaryl/α,β-unsaturated/α-hetero) is 1. The van der Waals surface area contributed by atoms with Gasteiger partial charge in [0.2, 0.25) is 0 Å². The Balaban J connectivity index is 2.17. The zero-order chi connectivity index (χ0) is 12.3. The summed E-state index contributed by atoms with van der Waals surface area (Å²) in [6.07, 6.45) is 0.296. The standard InChI is InChI=1S/C14H11BrO2/c15-12-5-2-4-11(9-12)14(17)8-10-3-1-6-13(16)7-10/h1-7,9,16H,8H2. The number of hydrogen-bond donors (Lipinski definition) is 1. The van der Waals surface area contributed by atoms with Gasteiger partial charge >= 0.3 is 0 Å². The summed E-state index contributed by atoms with van der Waals surface area (Å²) < 4.78 is 0.888. The van der Waals surface area contributed by atoms with E-state index in [1.54, 1.807) is 30.3 Å². The number of carbonyl (C=O) groups excluding carboxylic acids is 1. The Bertz CT molecular complexity index is 549. The molecular weight excluding hydrogens is 280 g/mol. The lowest BCUT2D eigenvalue weighted by atomic mass is 10.0. The van der Waals surface area contributed by atoms with E-state index < -0.39 is 0 Å². The van der Waals surface area contributed by atoms with Gasteiger partial charge in [-0.1, -0.05) is 40.2 Å². The van der Waals surface area contributed by atoms with Crippen molar-refractivity contribution in [1.29, 1.82) is 0 Å². The second-order valence-electron chi connectivity index (χ2n) is 3.78. The van der Waals surface area contributed by atoms with Gasteiger partial charge in [0, 0.05) is 16.5 Å². The highest BCUT2D eigenvalue weighted by molar-refractivity contribution is 9.10. The average Bonchev–Trinajstić information content (AvgIpc) is 2.29. The lowest BCUT2D eigenvalue weighted by molar-refractivity contribution is 0.0993. The molecule has 0 spiro atoms. The van der Waals surface area contributed by atoms with E-state index in [9.17, 15) is 9.90 Å². The Morgan fingerprint density at radius 3 is 2.59 bits per heavy atom. The first-order chi connectivity index (χ1) is 8.15. The Morgan fingerprint density at radius 2 is 1.88 bits per heavy atom. The number of halogens is 1. The van der Waals surface area contributed by atoms with E-state index in [0.29, 0.717) is 12.0 Å². The summed E-state index contributed by atoms with van der Waals surface area (Å²) in [5.41, 5.74) is 1.48. The van der Waals surface area contributed by atoms with Crippen LogP contribution in [0.25, 0.3) is 0 Å². The molecule has 2 rings (SSSR count). The lowest BCUT2D eigenvalue weighted by Gasteiger charge is -2.02. The first-order valence-corrected chi connectivity index (χ1v) is 6.01. The predicted octanol–water partition coefficient (Wildman–Crippen LogP) is 3.58. The van der Waals surface area contributed by atoms with Gasteiger partial charge in [0.1, 0.15) is 5.75 Å². The third-order valence-corrected chi connectivity index (χ3v) is 2.92. The van der Waals surface area contributed by atoms with Crippen LogP contribution in [0.4, 0.5) is 0 Å². The summed E-state index contributed by atoms with van der Waals surface area (Å²) >= 11 is 3.34. The minimum Gasteiger partial charge on any atom is -0.508 e. The van der Waals surface area contributed by atoms with Crippen LogP contribution < -0.4 is 0 Å². The summed E-state index contributed by atoms with van der Waals surface area (Å²) in [6.45, 7) is 0. The molecule has 0 unspecified atom stereocenters. The van der Waals surface area contributed by atoms with Crippen LogP contribution in [0.2, 0.25) is 0 Å². The van der Waals surface area contributed by atoms with E-state index in [4.69, 9.17) is 0 Å². The number of benzene rings is 2. The van der Waals surface area contributed by atoms with Crippen LogP contribution in [0, 0.1) is 0 Å². The average molecular weight is 291 g/mol. The van der Waals surface area contributed by atoms with Crippen molar-refractivity contribution in [3.05, 3.63) is 64.1 Å². The number of rotatable bonds is 3. The quantitative estimate of drug-likeness (QED) is 0.878. The first kappa shape index (κ1) is 11.9. The van der Waals surface area contributed by atoms with Gasteiger partial charge in [0.25, 0.3) is 0 Å². The summed E-state index contributed by atoms with van der Waals surface area (Å²) in [5.74, 6) is 0.224. The molecular formula is C14H11BrO2. The largest absolute Gasteiger partial charge is 0.508 e. The minimum atomic E-state index is 0.0388. The topological polar surface area (TPSA) is 37.3 Å². The Hall–Kier alpha value is -1.61. The Labute approximate surface area is 108 Å². The molecule has 0 heterocycles. The van der Waals surface area contributed by atoms with Gasteiger partial charge in [-0.15, -0.1) is 0 Å². The maximum absolute atomic E-state index is 12.0. The smallest absolute Gasteiger partial charge is 0.167 e. The number of ketones is 1. The van der Waals surface area contributed by atoms with Crippen molar-refractivity contribution in [3.63, 3.8) is 0 Å². The molecule has 86 valence electrons. The van der Waals surface area contributed by atoms with Crippen molar-refractivity contribution in [1.82, 2.24) is 0 Å². The molecule has 0 saturated heterocycles. The highest BCUT2D eigenvalue weighted by Crippen LogP contribution is 2.16. The normalized spacial score (nSPS) is 10.2. The fraction of sp³-hybridized carbons (Fsp3) is 0.0714. The summed E-state index contributed by atoms with van der Waals surface area (Å²) in [6, 6.07) is 14.1. The summed E-state index contributed by atoms with van der Waals surface area (Å²) in [7, 11) is 0. The van der Waals surface area contributed by atoms with Gasteiger partial charge in [-0.2, -0.15) is 0 Å². The monoisotopic (exact) mass is 290 g/mol. The molecule has 0 aliphatic heterocycles. The molecule has 0 atom stereocenters. The van der Waals surface area contributed by atoms with Gasteiger partial charge in [-0.05, 0) is 29.8 Å². The molecule has 2 nitrogen and oxygen atoms in total. The van der Waals surface area contributed by atoms with Crippen LogP contribution in [-0.4, -0.2) is 10.9 Å². The molecule has 3 heteroatoms. The first-order valence-electron chi connectivity index (χ1n) is 5.22. The van der Waals surface area contributed by atoms with Crippen molar-refractivity contribution in [2.75, 3.05) is 0 Å². The van der Waals surface area contributed by atoms with Crippen LogP contribution in [0.1, 0.15) is 15.9 Å². The van der Waals surface area contributed by atoms with Crippen molar-refractivity contribution in [2.45, 2.75) is 6.42 Å². The second-order valence-corrected chi connectivity index (χ2v) is 4.70. The third kappa shape index (κ3) is 3.17. The molecule has 0 aromatic heterocycles. The molecule has 0 aliphatic carbocycles. The van der Waals surface area contributed by atoms with Gasteiger partial charge in [0.05, 0.1) is 0 Å². The van der Waals surface area contributed by atoms with Crippen LogP contribution in [-0.2, 0) is 6.42 Å². The molecule has 0 saturated carbocycles. The van der Waals surface area contributed by atoms with Crippen molar-refractivity contribution in [2.24, 2.45) is 0 Å². The maximum Gasteiger partial charge on any atom is 0.167 e. The van der Waals surface area contributed by atoms with E-state index >= 15 is 0 Å². The predicted molar refractivity (Wildman–Crippen MR) is 70.3 cm³/mol. The fourth-order valence-electron chi connectivity index (χ4n) is 1.62. The van der Waals surface area contributed by atoms with E-state index in [2.05, 4.69) is 15.9 Å². The van der Waals surface area contributed by atoms with Gasteiger partial charge in [0.15, 0.2) is 5.78 Å². The van der Waals surface area contributed by atoms with Crippen molar-refractivity contribution < 1.29 is 9.90 Å². The summed E-state index contributed by atoms with van der Waals surface area (Å²) in [5, 5.41) is 9.32. The zero-order valence-corrected chi connectivity index (χ0v) is 10.6. The maximum atomic E-state index is 12.0.